The third kappa shape index (κ3) is 1.47. The van der Waals surface area contributed by atoms with Crippen molar-refractivity contribution < 1.29 is 0 Å². The summed E-state index contributed by atoms with van der Waals surface area (Å²) in [6.45, 7) is 0. The Morgan fingerprint density at radius 1 is 1.00 bits per heavy atom. The average Bonchev–Trinajstić information content (AvgIpc) is 2.42. The topological polar surface area (TPSA) is 38.1 Å². The fourth-order valence-electron chi connectivity index (χ4n) is 2.80. The normalized spacial score (nSPS) is 21.3. The highest BCUT2D eigenvalue weighted by atomic mass is 14.8. The SMILES string of the molecule is C1=NC=C2Cc3nc4ccccc4nc3CC2C1. The summed E-state index contributed by atoms with van der Waals surface area (Å²) in [6.07, 6.45) is 6.97. The number of allylic oxidation sites excluding steroid dienone is 1. The van der Waals surface area contributed by atoms with E-state index in [9.17, 15) is 0 Å². The molecule has 0 saturated carbocycles. The first-order chi connectivity index (χ1) is 8.90. The summed E-state index contributed by atoms with van der Waals surface area (Å²) in [5.74, 6) is 0.588. The predicted molar refractivity (Wildman–Crippen MR) is 71.6 cm³/mol. The van der Waals surface area contributed by atoms with E-state index >= 15 is 0 Å². The first-order valence-electron chi connectivity index (χ1n) is 6.35. The van der Waals surface area contributed by atoms with Gasteiger partial charge in [-0.2, -0.15) is 0 Å². The highest BCUT2D eigenvalue weighted by Crippen LogP contribution is 2.32. The Kier molecular flexibility index (Phi) is 2.06. The van der Waals surface area contributed by atoms with Crippen molar-refractivity contribution in [1.29, 1.82) is 0 Å². The van der Waals surface area contributed by atoms with E-state index in [0.29, 0.717) is 5.92 Å². The van der Waals surface area contributed by atoms with Gasteiger partial charge in [-0.05, 0) is 36.5 Å². The Balaban J connectivity index is 1.87. The molecular weight excluding hydrogens is 222 g/mol. The van der Waals surface area contributed by atoms with E-state index in [0.717, 1.165) is 36.0 Å². The number of hydrogen-bond donors (Lipinski definition) is 0. The molecule has 0 radical (unpaired) electrons. The Morgan fingerprint density at radius 2 is 1.78 bits per heavy atom. The Bertz CT molecular complexity index is 685. The standard InChI is InChI=1S/C15H13N3/c1-2-4-13-12(3-1)17-14-7-10-5-6-16-9-11(10)8-15(14)18-13/h1-4,6,9-10H,5,7-8H2. The second kappa shape index (κ2) is 3.73. The zero-order valence-electron chi connectivity index (χ0n) is 10.0. The molecule has 0 bridgehead atoms. The second-order valence-electron chi connectivity index (χ2n) is 4.95. The van der Waals surface area contributed by atoms with E-state index in [1.54, 1.807) is 0 Å². The van der Waals surface area contributed by atoms with E-state index in [4.69, 9.17) is 9.97 Å². The summed E-state index contributed by atoms with van der Waals surface area (Å²) in [5, 5.41) is 0. The van der Waals surface area contributed by atoms with Gasteiger partial charge in [0.1, 0.15) is 0 Å². The Hall–Kier alpha value is -2.03. The summed E-state index contributed by atoms with van der Waals surface area (Å²) in [6, 6.07) is 8.10. The zero-order chi connectivity index (χ0) is 11.9. The molecule has 3 nitrogen and oxygen atoms in total. The van der Waals surface area contributed by atoms with Crippen molar-refractivity contribution in [2.75, 3.05) is 0 Å². The van der Waals surface area contributed by atoms with Gasteiger partial charge >= 0.3 is 0 Å². The van der Waals surface area contributed by atoms with Crippen molar-refractivity contribution in [2.24, 2.45) is 10.9 Å². The van der Waals surface area contributed by atoms with E-state index in [1.807, 2.05) is 36.7 Å². The molecule has 1 aliphatic heterocycles. The van der Waals surface area contributed by atoms with E-state index in [1.165, 1.54) is 11.3 Å². The molecular formula is C15H13N3. The highest BCUT2D eigenvalue weighted by molar-refractivity contribution is 5.74. The van der Waals surface area contributed by atoms with Gasteiger partial charge in [0.15, 0.2) is 0 Å². The highest BCUT2D eigenvalue weighted by Gasteiger charge is 2.26. The van der Waals surface area contributed by atoms with Crippen molar-refractivity contribution in [3.05, 3.63) is 47.4 Å². The number of fused-ring (bicyclic) bond motifs is 3. The number of para-hydroxylation sites is 2. The van der Waals surface area contributed by atoms with Gasteiger partial charge in [-0.25, -0.2) is 9.97 Å². The lowest BCUT2D eigenvalue weighted by Gasteiger charge is -2.26. The summed E-state index contributed by atoms with van der Waals surface area (Å²) in [5.41, 5.74) is 5.72. The van der Waals surface area contributed by atoms with Gasteiger partial charge in [0, 0.05) is 18.8 Å². The monoisotopic (exact) mass is 235 g/mol. The van der Waals surface area contributed by atoms with Crippen LogP contribution in [0.15, 0.2) is 41.0 Å². The maximum atomic E-state index is 4.77. The van der Waals surface area contributed by atoms with Crippen LogP contribution in [0.25, 0.3) is 11.0 Å². The summed E-state index contributed by atoms with van der Waals surface area (Å²) in [7, 11) is 0. The molecule has 1 aromatic heterocycles. The van der Waals surface area contributed by atoms with Crippen LogP contribution in [0.4, 0.5) is 0 Å². The average molecular weight is 235 g/mol. The van der Waals surface area contributed by atoms with Crippen LogP contribution >= 0.6 is 0 Å². The van der Waals surface area contributed by atoms with Crippen molar-refractivity contribution in [3.8, 4) is 0 Å². The van der Waals surface area contributed by atoms with Crippen LogP contribution in [0.5, 0.6) is 0 Å². The maximum Gasteiger partial charge on any atom is 0.0890 e. The molecule has 2 aliphatic rings. The second-order valence-corrected chi connectivity index (χ2v) is 4.95. The van der Waals surface area contributed by atoms with Gasteiger partial charge in [0.2, 0.25) is 0 Å². The van der Waals surface area contributed by atoms with E-state index in [2.05, 4.69) is 4.99 Å². The van der Waals surface area contributed by atoms with Crippen LogP contribution in [0.1, 0.15) is 17.8 Å². The molecule has 0 fully saturated rings. The molecule has 2 heterocycles. The van der Waals surface area contributed by atoms with E-state index in [-0.39, 0.29) is 0 Å². The summed E-state index contributed by atoms with van der Waals surface area (Å²) >= 11 is 0. The number of benzene rings is 1. The van der Waals surface area contributed by atoms with Crippen LogP contribution in [0, 0.1) is 5.92 Å². The lowest BCUT2D eigenvalue weighted by atomic mass is 9.82. The fraction of sp³-hybridized carbons (Fsp3) is 0.267. The Labute approximate surface area is 105 Å². The predicted octanol–water partition coefficient (Wildman–Crippen LogP) is 2.70. The van der Waals surface area contributed by atoms with Crippen molar-refractivity contribution in [1.82, 2.24) is 9.97 Å². The molecule has 0 saturated heterocycles. The Morgan fingerprint density at radius 3 is 2.61 bits per heavy atom. The number of nitrogens with zero attached hydrogens (tertiary/aromatic N) is 3. The molecule has 4 rings (SSSR count). The van der Waals surface area contributed by atoms with Gasteiger partial charge in [-0.1, -0.05) is 12.1 Å². The minimum Gasteiger partial charge on any atom is -0.269 e. The number of aromatic nitrogens is 2. The van der Waals surface area contributed by atoms with Crippen LogP contribution in [-0.2, 0) is 12.8 Å². The van der Waals surface area contributed by atoms with Gasteiger partial charge < -0.3 is 0 Å². The van der Waals surface area contributed by atoms with Crippen molar-refractivity contribution in [3.63, 3.8) is 0 Å². The third-order valence-corrected chi connectivity index (χ3v) is 3.80. The van der Waals surface area contributed by atoms with Crippen molar-refractivity contribution in [2.45, 2.75) is 19.3 Å². The molecule has 88 valence electrons. The molecule has 1 unspecified atom stereocenters. The minimum absolute atomic E-state index is 0.588. The quantitative estimate of drug-likeness (QED) is 0.704. The first kappa shape index (κ1) is 9.95. The molecule has 3 heteroatoms. The zero-order valence-corrected chi connectivity index (χ0v) is 10.0. The van der Waals surface area contributed by atoms with Crippen LogP contribution in [0.2, 0.25) is 0 Å². The molecule has 1 aliphatic carbocycles. The molecule has 0 N–H and O–H groups in total. The summed E-state index contributed by atoms with van der Waals surface area (Å²) < 4.78 is 0. The molecule has 18 heavy (non-hydrogen) atoms. The third-order valence-electron chi connectivity index (χ3n) is 3.80. The van der Waals surface area contributed by atoms with E-state index < -0.39 is 0 Å². The lowest BCUT2D eigenvalue weighted by molar-refractivity contribution is 0.571. The number of rotatable bonds is 0. The molecule has 1 atom stereocenters. The van der Waals surface area contributed by atoms with Gasteiger partial charge in [0.25, 0.3) is 0 Å². The van der Waals surface area contributed by atoms with Crippen LogP contribution in [0.3, 0.4) is 0 Å². The molecule has 2 aromatic rings. The van der Waals surface area contributed by atoms with Crippen LogP contribution < -0.4 is 0 Å². The number of aliphatic imine (C=N–C) groups is 1. The van der Waals surface area contributed by atoms with Gasteiger partial charge in [-0.3, -0.25) is 4.99 Å². The minimum atomic E-state index is 0.588. The molecule has 0 amide bonds. The van der Waals surface area contributed by atoms with Crippen LogP contribution in [-0.4, -0.2) is 16.2 Å². The van der Waals surface area contributed by atoms with Crippen molar-refractivity contribution >= 4 is 17.2 Å². The number of hydrogen-bond acceptors (Lipinski definition) is 3. The van der Waals surface area contributed by atoms with Gasteiger partial charge in [0.05, 0.1) is 22.4 Å². The lowest BCUT2D eigenvalue weighted by Crippen LogP contribution is -2.21. The largest absolute Gasteiger partial charge is 0.269 e. The fourth-order valence-corrected chi connectivity index (χ4v) is 2.80. The van der Waals surface area contributed by atoms with Gasteiger partial charge in [-0.15, -0.1) is 0 Å². The maximum absolute atomic E-state index is 4.77. The first-order valence-corrected chi connectivity index (χ1v) is 6.35. The molecule has 0 spiro atoms. The smallest absolute Gasteiger partial charge is 0.0890 e. The summed E-state index contributed by atoms with van der Waals surface area (Å²) in [4.78, 5) is 13.8. The molecule has 1 aromatic carbocycles.